The van der Waals surface area contributed by atoms with Crippen molar-refractivity contribution in [2.75, 3.05) is 11.6 Å². The van der Waals surface area contributed by atoms with E-state index < -0.39 is 15.4 Å². The van der Waals surface area contributed by atoms with Crippen LogP contribution in [0.5, 0.6) is 0 Å². The fraction of sp³-hybridized carbons (Fsp3) is 0.212. The van der Waals surface area contributed by atoms with Crippen LogP contribution in [0.4, 0.5) is 5.95 Å². The predicted octanol–water partition coefficient (Wildman–Crippen LogP) is 5.40. The summed E-state index contributed by atoms with van der Waals surface area (Å²) in [7, 11) is -3.54. The van der Waals surface area contributed by atoms with Crippen molar-refractivity contribution in [3.8, 4) is 22.3 Å². The number of sulfone groups is 1. The number of hydrogen-bond acceptors (Lipinski definition) is 10. The number of aliphatic hydroxyl groups is 1. The fourth-order valence-electron chi connectivity index (χ4n) is 5.38. The lowest BCUT2D eigenvalue weighted by molar-refractivity contribution is 0.126. The second kappa shape index (κ2) is 13.8. The van der Waals surface area contributed by atoms with Gasteiger partial charge in [0.15, 0.2) is 0 Å². The zero-order chi connectivity index (χ0) is 34.0. The van der Waals surface area contributed by atoms with Crippen molar-refractivity contribution in [3.63, 3.8) is 0 Å². The van der Waals surface area contributed by atoms with E-state index in [4.69, 9.17) is 23.2 Å². The van der Waals surface area contributed by atoms with Gasteiger partial charge in [-0.3, -0.25) is 9.59 Å². The molecular weight excluding hydrogens is 677 g/mol. The highest BCUT2D eigenvalue weighted by molar-refractivity contribution is 7.90. The van der Waals surface area contributed by atoms with E-state index in [1.54, 1.807) is 48.7 Å². The van der Waals surface area contributed by atoms with Crippen molar-refractivity contribution in [1.82, 2.24) is 29.9 Å². The van der Waals surface area contributed by atoms with Crippen LogP contribution in [0.1, 0.15) is 25.7 Å². The molecule has 15 heteroatoms. The molecule has 0 radical (unpaired) electrons. The van der Waals surface area contributed by atoms with Crippen molar-refractivity contribution in [1.29, 1.82) is 0 Å². The Labute approximate surface area is 284 Å². The molecule has 48 heavy (non-hydrogen) atoms. The summed E-state index contributed by atoms with van der Waals surface area (Å²) in [6.45, 7) is 0. The average molecular weight is 707 g/mol. The van der Waals surface area contributed by atoms with Crippen molar-refractivity contribution in [2.24, 2.45) is 0 Å². The molecule has 1 aliphatic rings. The maximum Gasteiger partial charge on any atom is 0.257 e. The number of nitrogens with one attached hydrogen (secondary N) is 3. The Kier molecular flexibility index (Phi) is 9.56. The van der Waals surface area contributed by atoms with E-state index >= 15 is 0 Å². The minimum Gasteiger partial charge on any atom is -0.393 e. The molecule has 0 amide bonds. The van der Waals surface area contributed by atoms with Crippen LogP contribution in [0.2, 0.25) is 10.0 Å². The maximum absolute atomic E-state index is 12.5. The second-order valence-electron chi connectivity index (χ2n) is 11.4. The molecule has 0 aliphatic heterocycles. The zero-order valence-corrected chi connectivity index (χ0v) is 27.8. The van der Waals surface area contributed by atoms with Gasteiger partial charge in [0.1, 0.15) is 11.3 Å². The topological polar surface area (TPSA) is 184 Å². The first-order chi connectivity index (χ1) is 23.0. The summed E-state index contributed by atoms with van der Waals surface area (Å²) in [6, 6.07) is 17.8. The van der Waals surface area contributed by atoms with Crippen LogP contribution < -0.4 is 16.4 Å². The summed E-state index contributed by atoms with van der Waals surface area (Å²) in [5.74, 6) is 0.486. The van der Waals surface area contributed by atoms with E-state index in [-0.39, 0.29) is 28.5 Å². The lowest BCUT2D eigenvalue weighted by Crippen LogP contribution is -2.29. The first-order valence-electron chi connectivity index (χ1n) is 14.9. The fourth-order valence-corrected chi connectivity index (χ4v) is 6.36. The Hall–Kier alpha value is -4.69. The third kappa shape index (κ3) is 7.39. The number of rotatable bonds is 5. The van der Waals surface area contributed by atoms with E-state index in [0.717, 1.165) is 37.3 Å². The summed E-state index contributed by atoms with van der Waals surface area (Å²) in [5.41, 5.74) is 2.13. The van der Waals surface area contributed by atoms with Crippen molar-refractivity contribution in [2.45, 2.75) is 43.0 Å². The molecule has 2 aromatic carbocycles. The lowest BCUT2D eigenvalue weighted by Gasteiger charge is -2.26. The Morgan fingerprint density at radius 1 is 0.750 bits per heavy atom. The van der Waals surface area contributed by atoms with Gasteiger partial charge in [-0.05, 0) is 49.9 Å². The van der Waals surface area contributed by atoms with Crippen LogP contribution in [-0.4, -0.2) is 61.8 Å². The molecule has 0 bridgehead atoms. The molecule has 0 saturated heterocycles. The number of pyridine rings is 2. The summed E-state index contributed by atoms with van der Waals surface area (Å²) < 4.78 is 22.9. The number of aliphatic hydroxyl groups excluding tert-OH is 1. The average Bonchev–Trinajstić information content (AvgIpc) is 3.05. The van der Waals surface area contributed by atoms with Crippen molar-refractivity contribution in [3.05, 3.63) is 104 Å². The first kappa shape index (κ1) is 33.2. The normalized spacial score (nSPS) is 16.3. The molecule has 4 N–H and O–H groups in total. The van der Waals surface area contributed by atoms with Crippen LogP contribution in [0.3, 0.4) is 0 Å². The van der Waals surface area contributed by atoms with E-state index in [1.807, 2.05) is 18.2 Å². The van der Waals surface area contributed by atoms with Crippen LogP contribution >= 0.6 is 23.2 Å². The van der Waals surface area contributed by atoms with Crippen LogP contribution in [-0.2, 0) is 9.84 Å². The predicted molar refractivity (Wildman–Crippen MR) is 186 cm³/mol. The summed E-state index contributed by atoms with van der Waals surface area (Å²) in [4.78, 5) is 46.6. The van der Waals surface area contributed by atoms with E-state index in [2.05, 4.69) is 35.2 Å². The summed E-state index contributed by atoms with van der Waals surface area (Å²) in [6.07, 6.45) is 7.17. The highest BCUT2D eigenvalue weighted by atomic mass is 35.5. The number of anilines is 1. The number of halogens is 2. The van der Waals surface area contributed by atoms with Crippen LogP contribution in [0, 0.1) is 0 Å². The van der Waals surface area contributed by atoms with Gasteiger partial charge in [0.25, 0.3) is 11.1 Å². The summed E-state index contributed by atoms with van der Waals surface area (Å²) in [5, 5.41) is 14.8. The van der Waals surface area contributed by atoms with Gasteiger partial charge in [-0.25, -0.2) is 23.4 Å². The largest absolute Gasteiger partial charge is 0.393 e. The first-order valence-corrected chi connectivity index (χ1v) is 17.6. The number of aromatic amines is 2. The third-order valence-corrected chi connectivity index (χ3v) is 9.37. The maximum atomic E-state index is 12.5. The molecule has 12 nitrogen and oxygen atoms in total. The molecule has 0 unspecified atom stereocenters. The van der Waals surface area contributed by atoms with Gasteiger partial charge in [-0.2, -0.15) is 4.98 Å². The molecule has 1 saturated carbocycles. The molecule has 4 aromatic heterocycles. The minimum absolute atomic E-state index is 0.163. The van der Waals surface area contributed by atoms with Crippen LogP contribution in [0.25, 0.3) is 44.3 Å². The number of aromatic nitrogens is 6. The van der Waals surface area contributed by atoms with Gasteiger partial charge < -0.3 is 20.4 Å². The number of H-pyrrole nitrogens is 2. The van der Waals surface area contributed by atoms with Gasteiger partial charge in [0, 0.05) is 67.8 Å². The molecule has 246 valence electrons. The highest BCUT2D eigenvalue weighted by Crippen LogP contribution is 2.28. The second-order valence-corrected chi connectivity index (χ2v) is 14.1. The molecule has 0 atom stereocenters. The molecule has 1 fully saturated rings. The summed E-state index contributed by atoms with van der Waals surface area (Å²) >= 11 is 12.3. The number of hydrogen-bond donors (Lipinski definition) is 4. The molecule has 1 aliphatic carbocycles. The number of fused-ring (bicyclic) bond motifs is 2. The lowest BCUT2D eigenvalue weighted by atomic mass is 9.93. The van der Waals surface area contributed by atoms with E-state index in [1.165, 1.54) is 6.20 Å². The van der Waals surface area contributed by atoms with Crippen molar-refractivity contribution >= 4 is 61.1 Å². The van der Waals surface area contributed by atoms with E-state index in [0.29, 0.717) is 49.3 Å². The molecule has 7 rings (SSSR count). The number of benzene rings is 2. The zero-order valence-electron chi connectivity index (χ0n) is 25.4. The Bertz CT molecular complexity index is 2380. The Morgan fingerprint density at radius 3 is 1.77 bits per heavy atom. The molecular formula is C33H29Cl2N7O5S. The Balaban J connectivity index is 0.000000170. The smallest absolute Gasteiger partial charge is 0.257 e. The SMILES string of the molecule is CS(=O)(=O)c1ncc2cc(-c3ccccc3Cl)c(=O)[nH]c2n1.O=c1[nH]c2nc(NC3CCC(O)CC3)ncc2cc1-c1ccccc1Cl. The van der Waals surface area contributed by atoms with Gasteiger partial charge in [0.05, 0.1) is 6.10 Å². The highest BCUT2D eigenvalue weighted by Gasteiger charge is 2.20. The monoisotopic (exact) mass is 705 g/mol. The third-order valence-electron chi connectivity index (χ3n) is 7.85. The van der Waals surface area contributed by atoms with Crippen LogP contribution in [0.15, 0.2) is 87.8 Å². The molecule has 4 heterocycles. The molecule has 0 spiro atoms. The minimum atomic E-state index is -3.54. The Morgan fingerprint density at radius 2 is 1.25 bits per heavy atom. The van der Waals surface area contributed by atoms with Gasteiger partial charge in [0.2, 0.25) is 20.9 Å². The van der Waals surface area contributed by atoms with Gasteiger partial charge in [-0.15, -0.1) is 0 Å². The quantitative estimate of drug-likeness (QED) is 0.170. The molecule has 6 aromatic rings. The van der Waals surface area contributed by atoms with E-state index in [9.17, 15) is 23.1 Å². The number of nitrogens with zero attached hydrogens (tertiary/aromatic N) is 4. The van der Waals surface area contributed by atoms with Gasteiger partial charge >= 0.3 is 0 Å². The van der Waals surface area contributed by atoms with Crippen molar-refractivity contribution < 1.29 is 13.5 Å². The standard InChI is InChI=1S/C19H19ClN4O2.C14H10ClN3O3S/c20-16-4-2-1-3-14(16)15-9-11-10-21-19(24-17(11)23-18(15)26)22-12-5-7-13(25)8-6-12;1-22(20,21)14-16-7-8-6-10(13(19)17-12(8)18-14)9-4-2-3-5-11(9)15/h1-4,9-10,12-13,25H,5-8H2,(H2,21,22,23,24,26);2-7H,1H3,(H,16,17,18,19). The van der Waals surface area contributed by atoms with Gasteiger partial charge in [-0.1, -0.05) is 59.6 Å².